The van der Waals surface area contributed by atoms with Crippen LogP contribution in [-0.2, 0) is 14.4 Å². The third kappa shape index (κ3) is 7.05. The average molecular weight is 303 g/mol. The monoisotopic (exact) mass is 303 g/mol. The lowest BCUT2D eigenvalue weighted by Crippen LogP contribution is -2.56. The summed E-state index contributed by atoms with van der Waals surface area (Å²) >= 11 is 0. The molecule has 4 atom stereocenters. The van der Waals surface area contributed by atoms with E-state index in [9.17, 15) is 19.5 Å². The number of aliphatic carboxylic acids is 1. The predicted molar refractivity (Wildman–Crippen MR) is 76.3 cm³/mol. The van der Waals surface area contributed by atoms with Gasteiger partial charge in [-0.15, -0.1) is 0 Å². The second-order valence-corrected chi connectivity index (χ2v) is 5.54. The van der Waals surface area contributed by atoms with E-state index >= 15 is 0 Å². The minimum atomic E-state index is -1.43. The Morgan fingerprint density at radius 3 is 1.90 bits per heavy atom. The van der Waals surface area contributed by atoms with Crippen LogP contribution in [0.15, 0.2) is 0 Å². The van der Waals surface area contributed by atoms with Gasteiger partial charge >= 0.3 is 5.97 Å². The van der Waals surface area contributed by atoms with Gasteiger partial charge in [0.1, 0.15) is 6.04 Å². The van der Waals surface area contributed by atoms with Gasteiger partial charge < -0.3 is 26.6 Å². The zero-order chi connectivity index (χ0) is 16.7. The molecular formula is C13H25N3O5. The highest BCUT2D eigenvalue weighted by Gasteiger charge is 2.30. The second kappa shape index (κ2) is 8.58. The molecule has 21 heavy (non-hydrogen) atoms. The van der Waals surface area contributed by atoms with Gasteiger partial charge in [0.2, 0.25) is 11.8 Å². The lowest BCUT2D eigenvalue weighted by molar-refractivity contribution is -0.145. The summed E-state index contributed by atoms with van der Waals surface area (Å²) in [6.07, 6.45) is -0.925. The second-order valence-electron chi connectivity index (χ2n) is 5.54. The molecule has 8 heteroatoms. The summed E-state index contributed by atoms with van der Waals surface area (Å²) in [5.74, 6) is -2.41. The van der Waals surface area contributed by atoms with Crippen molar-refractivity contribution in [3.8, 4) is 0 Å². The van der Waals surface area contributed by atoms with E-state index in [-0.39, 0.29) is 5.92 Å². The molecule has 0 saturated carbocycles. The van der Waals surface area contributed by atoms with Crippen LogP contribution in [0.5, 0.6) is 0 Å². The van der Waals surface area contributed by atoms with Crippen LogP contribution in [0.25, 0.3) is 0 Å². The SMILES string of the molecule is CC(C)C[C@H](NC(=O)[C@H](C)N)C(=O)N[C@H](C(=O)O)[C@@H](C)O. The van der Waals surface area contributed by atoms with Crippen LogP contribution in [0.1, 0.15) is 34.1 Å². The number of aliphatic hydroxyl groups is 1. The number of carboxylic acid groups (broad SMARTS) is 1. The third-order valence-corrected chi connectivity index (χ3v) is 2.80. The fraction of sp³-hybridized carbons (Fsp3) is 0.769. The van der Waals surface area contributed by atoms with Crippen molar-refractivity contribution in [1.29, 1.82) is 0 Å². The summed E-state index contributed by atoms with van der Waals surface area (Å²) in [6, 6.07) is -3.11. The van der Waals surface area contributed by atoms with Crippen LogP contribution in [0.3, 0.4) is 0 Å². The number of hydrogen-bond donors (Lipinski definition) is 5. The molecule has 0 spiro atoms. The molecule has 0 rings (SSSR count). The Morgan fingerprint density at radius 1 is 1.05 bits per heavy atom. The quantitative estimate of drug-likeness (QED) is 0.382. The van der Waals surface area contributed by atoms with Crippen LogP contribution < -0.4 is 16.4 Å². The number of amides is 2. The maximum Gasteiger partial charge on any atom is 0.328 e. The van der Waals surface area contributed by atoms with Crippen molar-refractivity contribution in [2.75, 3.05) is 0 Å². The van der Waals surface area contributed by atoms with Gasteiger partial charge in [0.15, 0.2) is 6.04 Å². The molecule has 0 unspecified atom stereocenters. The molecule has 8 nitrogen and oxygen atoms in total. The minimum absolute atomic E-state index is 0.101. The summed E-state index contributed by atoms with van der Waals surface area (Å²) in [7, 11) is 0. The van der Waals surface area contributed by atoms with E-state index in [0.29, 0.717) is 6.42 Å². The van der Waals surface area contributed by atoms with E-state index < -0.39 is 42.0 Å². The van der Waals surface area contributed by atoms with Crippen molar-refractivity contribution in [2.24, 2.45) is 11.7 Å². The first-order valence-electron chi connectivity index (χ1n) is 6.83. The molecule has 2 amide bonds. The Morgan fingerprint density at radius 2 is 1.57 bits per heavy atom. The summed E-state index contributed by atoms with van der Waals surface area (Å²) in [6.45, 7) is 6.47. The third-order valence-electron chi connectivity index (χ3n) is 2.80. The minimum Gasteiger partial charge on any atom is -0.480 e. The molecule has 0 aliphatic heterocycles. The smallest absolute Gasteiger partial charge is 0.328 e. The van der Waals surface area contributed by atoms with Gasteiger partial charge in [-0.25, -0.2) is 4.79 Å². The summed E-state index contributed by atoms with van der Waals surface area (Å²) in [4.78, 5) is 34.7. The topological polar surface area (TPSA) is 142 Å². The summed E-state index contributed by atoms with van der Waals surface area (Å²) < 4.78 is 0. The Kier molecular flexibility index (Phi) is 7.90. The molecule has 0 aliphatic carbocycles. The molecule has 0 saturated heterocycles. The van der Waals surface area contributed by atoms with Gasteiger partial charge in [-0.3, -0.25) is 9.59 Å². The van der Waals surface area contributed by atoms with Gasteiger partial charge in [-0.1, -0.05) is 13.8 Å². The number of nitrogens with one attached hydrogen (secondary N) is 2. The van der Waals surface area contributed by atoms with E-state index in [0.717, 1.165) is 0 Å². The maximum atomic E-state index is 12.1. The largest absolute Gasteiger partial charge is 0.480 e. The number of carbonyl (C=O) groups excluding carboxylic acids is 2. The van der Waals surface area contributed by atoms with Crippen molar-refractivity contribution in [2.45, 2.75) is 58.3 Å². The number of rotatable bonds is 8. The Bertz CT molecular complexity index is 382. The number of carboxylic acids is 1. The molecule has 0 fully saturated rings. The summed E-state index contributed by atoms with van der Waals surface area (Å²) in [5.41, 5.74) is 5.44. The van der Waals surface area contributed by atoms with Crippen LogP contribution in [0, 0.1) is 5.92 Å². The Labute approximate surface area is 124 Å². The molecule has 122 valence electrons. The van der Waals surface area contributed by atoms with Crippen LogP contribution in [0.4, 0.5) is 0 Å². The fourth-order valence-electron chi connectivity index (χ4n) is 1.65. The van der Waals surface area contributed by atoms with Crippen molar-refractivity contribution in [3.05, 3.63) is 0 Å². The normalized spacial score (nSPS) is 16.7. The number of hydrogen-bond acceptors (Lipinski definition) is 5. The van der Waals surface area contributed by atoms with E-state index in [1.807, 2.05) is 13.8 Å². The van der Waals surface area contributed by atoms with Crippen LogP contribution in [0.2, 0.25) is 0 Å². The highest BCUT2D eigenvalue weighted by atomic mass is 16.4. The van der Waals surface area contributed by atoms with E-state index in [1.54, 1.807) is 0 Å². The van der Waals surface area contributed by atoms with E-state index in [4.69, 9.17) is 10.8 Å². The van der Waals surface area contributed by atoms with Gasteiger partial charge in [-0.05, 0) is 26.2 Å². The zero-order valence-corrected chi connectivity index (χ0v) is 12.8. The number of nitrogens with two attached hydrogens (primary N) is 1. The highest BCUT2D eigenvalue weighted by Crippen LogP contribution is 2.06. The Hall–Kier alpha value is -1.67. The van der Waals surface area contributed by atoms with Gasteiger partial charge in [-0.2, -0.15) is 0 Å². The van der Waals surface area contributed by atoms with Crippen molar-refractivity contribution in [3.63, 3.8) is 0 Å². The molecule has 0 aliphatic rings. The maximum absolute atomic E-state index is 12.1. The first-order valence-corrected chi connectivity index (χ1v) is 6.83. The molecule has 0 aromatic heterocycles. The van der Waals surface area contributed by atoms with Crippen LogP contribution in [-0.4, -0.2) is 52.2 Å². The molecule has 0 bridgehead atoms. The van der Waals surface area contributed by atoms with Gasteiger partial charge in [0, 0.05) is 0 Å². The van der Waals surface area contributed by atoms with E-state index in [1.165, 1.54) is 13.8 Å². The molecule has 0 aromatic carbocycles. The fourth-order valence-corrected chi connectivity index (χ4v) is 1.65. The average Bonchev–Trinajstić information content (AvgIpc) is 2.32. The zero-order valence-electron chi connectivity index (χ0n) is 12.8. The standard InChI is InChI=1S/C13H25N3O5/c1-6(2)5-9(15-11(18)7(3)14)12(19)16-10(8(4)17)13(20)21/h6-10,17H,5,14H2,1-4H3,(H,15,18)(H,16,19)(H,20,21)/t7-,8+,9-,10-/m0/s1. The van der Waals surface area contributed by atoms with Gasteiger partial charge in [0.05, 0.1) is 12.1 Å². The molecule has 6 N–H and O–H groups in total. The molecule has 0 aromatic rings. The Balaban J connectivity index is 4.93. The molecule has 0 radical (unpaired) electrons. The highest BCUT2D eigenvalue weighted by molar-refractivity contribution is 5.91. The molecule has 0 heterocycles. The van der Waals surface area contributed by atoms with Crippen molar-refractivity contribution in [1.82, 2.24) is 10.6 Å². The van der Waals surface area contributed by atoms with E-state index in [2.05, 4.69) is 10.6 Å². The molecular weight excluding hydrogens is 278 g/mol. The lowest BCUT2D eigenvalue weighted by Gasteiger charge is -2.24. The first kappa shape index (κ1) is 19.3. The van der Waals surface area contributed by atoms with Crippen molar-refractivity contribution < 1.29 is 24.6 Å². The number of carbonyl (C=O) groups is 3. The van der Waals surface area contributed by atoms with Crippen LogP contribution >= 0.6 is 0 Å². The number of aliphatic hydroxyl groups excluding tert-OH is 1. The van der Waals surface area contributed by atoms with Gasteiger partial charge in [0.25, 0.3) is 0 Å². The lowest BCUT2D eigenvalue weighted by atomic mass is 10.0. The summed E-state index contributed by atoms with van der Waals surface area (Å²) in [5, 5.41) is 23.0. The van der Waals surface area contributed by atoms with Crippen molar-refractivity contribution >= 4 is 17.8 Å². The first-order chi connectivity index (χ1) is 9.56. The predicted octanol–water partition coefficient (Wildman–Crippen LogP) is -1.19.